The molecule has 0 atom stereocenters. The van der Waals surface area contributed by atoms with Gasteiger partial charge in [-0.25, -0.2) is 4.98 Å². The predicted molar refractivity (Wildman–Crippen MR) is 100 cm³/mol. The molecule has 4 aromatic rings. The Hall–Kier alpha value is -3.67. The van der Waals surface area contributed by atoms with Crippen LogP contribution in [0.5, 0.6) is 0 Å². The number of amides is 1. The summed E-state index contributed by atoms with van der Waals surface area (Å²) in [7, 11) is 0. The summed E-state index contributed by atoms with van der Waals surface area (Å²) in [6, 6.07) is 20.3. The molecule has 0 aliphatic rings. The number of nitrogens with one attached hydrogen (secondary N) is 2. The number of nitrogens with zero attached hydrogens (tertiary/aromatic N) is 2. The maximum absolute atomic E-state index is 12.6. The van der Waals surface area contributed by atoms with E-state index in [2.05, 4.69) is 15.3 Å². The second-order valence-corrected chi connectivity index (χ2v) is 5.90. The first-order valence-electron chi connectivity index (χ1n) is 8.20. The van der Waals surface area contributed by atoms with Crippen molar-refractivity contribution >= 4 is 22.9 Å². The molecule has 0 saturated carbocycles. The van der Waals surface area contributed by atoms with Gasteiger partial charge in [0.15, 0.2) is 0 Å². The molecule has 2 heterocycles. The lowest BCUT2D eigenvalue weighted by Crippen LogP contribution is -2.29. The largest absolute Gasteiger partial charge is 0.324 e. The van der Waals surface area contributed by atoms with Crippen LogP contribution in [0.2, 0.25) is 0 Å². The second-order valence-electron chi connectivity index (χ2n) is 5.90. The molecule has 128 valence electrons. The van der Waals surface area contributed by atoms with Gasteiger partial charge in [0.2, 0.25) is 5.95 Å². The molecule has 4 rings (SSSR count). The zero-order valence-corrected chi connectivity index (χ0v) is 13.8. The van der Waals surface area contributed by atoms with Crippen molar-refractivity contribution < 1.29 is 4.79 Å². The van der Waals surface area contributed by atoms with Crippen molar-refractivity contribution in [2.24, 2.45) is 0 Å². The van der Waals surface area contributed by atoms with E-state index in [1.807, 2.05) is 54.6 Å². The van der Waals surface area contributed by atoms with Crippen LogP contribution in [0.4, 0.5) is 5.95 Å². The van der Waals surface area contributed by atoms with Gasteiger partial charge in [0.1, 0.15) is 5.56 Å². The average Bonchev–Trinajstić information content (AvgIpc) is 3.06. The Bertz CT molecular complexity index is 1100. The molecular weight excluding hydrogens is 328 g/mol. The van der Waals surface area contributed by atoms with Crippen LogP contribution in [0.15, 0.2) is 77.7 Å². The number of pyridine rings is 1. The van der Waals surface area contributed by atoms with E-state index in [0.29, 0.717) is 12.5 Å². The molecule has 0 radical (unpaired) electrons. The van der Waals surface area contributed by atoms with Crippen molar-refractivity contribution in [2.45, 2.75) is 6.54 Å². The standard InChI is InChI=1S/C20H16N4O2/c25-18(23-20-21-16-10-4-5-11-17(16)22-20)15-9-6-12-24(19(15)26)13-14-7-2-1-3-8-14/h1-12H,13H2,(H2,21,22,23,25). The van der Waals surface area contributed by atoms with Gasteiger partial charge in [-0.3, -0.25) is 14.9 Å². The molecule has 2 aromatic heterocycles. The maximum Gasteiger partial charge on any atom is 0.263 e. The van der Waals surface area contributed by atoms with Crippen LogP contribution in [0.1, 0.15) is 15.9 Å². The van der Waals surface area contributed by atoms with Crippen molar-refractivity contribution in [1.29, 1.82) is 0 Å². The van der Waals surface area contributed by atoms with E-state index in [9.17, 15) is 9.59 Å². The van der Waals surface area contributed by atoms with E-state index in [-0.39, 0.29) is 11.1 Å². The van der Waals surface area contributed by atoms with Crippen LogP contribution in [-0.2, 0) is 6.54 Å². The fourth-order valence-corrected chi connectivity index (χ4v) is 2.80. The molecule has 2 N–H and O–H groups in total. The topological polar surface area (TPSA) is 79.8 Å². The number of H-pyrrole nitrogens is 1. The summed E-state index contributed by atoms with van der Waals surface area (Å²) >= 11 is 0. The Morgan fingerprint density at radius 2 is 1.77 bits per heavy atom. The predicted octanol–water partition coefficient (Wildman–Crippen LogP) is 3.03. The quantitative estimate of drug-likeness (QED) is 0.597. The van der Waals surface area contributed by atoms with Gasteiger partial charge < -0.3 is 9.55 Å². The summed E-state index contributed by atoms with van der Waals surface area (Å²) in [6.45, 7) is 0.408. The maximum atomic E-state index is 12.6. The highest BCUT2D eigenvalue weighted by atomic mass is 16.2. The summed E-state index contributed by atoms with van der Waals surface area (Å²) < 4.78 is 1.52. The third-order valence-electron chi connectivity index (χ3n) is 4.08. The highest BCUT2D eigenvalue weighted by Gasteiger charge is 2.14. The number of aromatic amines is 1. The number of imidazole rings is 1. The van der Waals surface area contributed by atoms with Gasteiger partial charge in [-0.2, -0.15) is 0 Å². The Morgan fingerprint density at radius 3 is 2.58 bits per heavy atom. The number of anilines is 1. The van der Waals surface area contributed by atoms with E-state index >= 15 is 0 Å². The van der Waals surface area contributed by atoms with Crippen molar-refractivity contribution in [3.05, 3.63) is 94.4 Å². The first kappa shape index (κ1) is 15.8. The molecule has 0 bridgehead atoms. The van der Waals surface area contributed by atoms with E-state index in [1.54, 1.807) is 12.3 Å². The van der Waals surface area contributed by atoms with Crippen LogP contribution in [-0.4, -0.2) is 20.4 Å². The molecule has 0 fully saturated rings. The highest BCUT2D eigenvalue weighted by molar-refractivity contribution is 6.03. The second kappa shape index (κ2) is 6.68. The van der Waals surface area contributed by atoms with E-state index in [4.69, 9.17) is 0 Å². The first-order chi connectivity index (χ1) is 12.7. The van der Waals surface area contributed by atoms with Gasteiger partial charge in [0.05, 0.1) is 17.6 Å². The molecular formula is C20H16N4O2. The van der Waals surface area contributed by atoms with Gasteiger partial charge in [-0.05, 0) is 29.8 Å². The van der Waals surface area contributed by atoms with Crippen LogP contribution in [0.25, 0.3) is 11.0 Å². The number of para-hydroxylation sites is 2. The van der Waals surface area contributed by atoms with E-state index in [1.165, 1.54) is 10.6 Å². The molecule has 0 unspecified atom stereocenters. The summed E-state index contributed by atoms with van der Waals surface area (Å²) in [5, 5.41) is 2.66. The number of hydrogen-bond acceptors (Lipinski definition) is 3. The normalized spacial score (nSPS) is 10.8. The Labute approximate surface area is 149 Å². The number of rotatable bonds is 4. The zero-order chi connectivity index (χ0) is 17.9. The summed E-state index contributed by atoms with van der Waals surface area (Å²) in [6.07, 6.45) is 1.67. The smallest absolute Gasteiger partial charge is 0.263 e. The van der Waals surface area contributed by atoms with Crippen LogP contribution < -0.4 is 10.9 Å². The number of carbonyl (C=O) groups is 1. The number of benzene rings is 2. The minimum atomic E-state index is -0.489. The molecule has 2 aromatic carbocycles. The van der Waals surface area contributed by atoms with Crippen molar-refractivity contribution in [3.63, 3.8) is 0 Å². The fourth-order valence-electron chi connectivity index (χ4n) is 2.80. The van der Waals surface area contributed by atoms with E-state index < -0.39 is 5.91 Å². The monoisotopic (exact) mass is 344 g/mol. The number of aromatic nitrogens is 3. The Kier molecular flexibility index (Phi) is 4.07. The molecule has 6 nitrogen and oxygen atoms in total. The van der Waals surface area contributed by atoms with Gasteiger partial charge in [0.25, 0.3) is 11.5 Å². The third-order valence-corrected chi connectivity index (χ3v) is 4.08. The van der Waals surface area contributed by atoms with Crippen LogP contribution in [0.3, 0.4) is 0 Å². The Balaban J connectivity index is 1.59. The number of carbonyl (C=O) groups excluding carboxylic acids is 1. The van der Waals surface area contributed by atoms with Gasteiger partial charge in [-0.1, -0.05) is 42.5 Å². The lowest BCUT2D eigenvalue weighted by molar-refractivity contribution is 0.102. The minimum Gasteiger partial charge on any atom is -0.324 e. The molecule has 0 aliphatic carbocycles. The average molecular weight is 344 g/mol. The molecule has 6 heteroatoms. The van der Waals surface area contributed by atoms with Crippen molar-refractivity contribution in [1.82, 2.24) is 14.5 Å². The minimum absolute atomic E-state index is 0.0730. The van der Waals surface area contributed by atoms with Crippen molar-refractivity contribution in [3.8, 4) is 0 Å². The van der Waals surface area contributed by atoms with Crippen molar-refractivity contribution in [2.75, 3.05) is 5.32 Å². The number of hydrogen-bond donors (Lipinski definition) is 2. The molecule has 0 spiro atoms. The van der Waals surface area contributed by atoms with Crippen LogP contribution in [0, 0.1) is 0 Å². The zero-order valence-electron chi connectivity index (χ0n) is 13.8. The summed E-state index contributed by atoms with van der Waals surface area (Å²) in [5.41, 5.74) is 2.29. The van der Waals surface area contributed by atoms with Gasteiger partial charge in [0, 0.05) is 6.20 Å². The van der Waals surface area contributed by atoms with E-state index in [0.717, 1.165) is 16.6 Å². The summed E-state index contributed by atoms with van der Waals surface area (Å²) in [4.78, 5) is 32.5. The Morgan fingerprint density at radius 1 is 1.00 bits per heavy atom. The third kappa shape index (κ3) is 3.12. The lowest BCUT2D eigenvalue weighted by Gasteiger charge is -2.08. The first-order valence-corrected chi connectivity index (χ1v) is 8.20. The molecule has 26 heavy (non-hydrogen) atoms. The highest BCUT2D eigenvalue weighted by Crippen LogP contribution is 2.13. The van der Waals surface area contributed by atoms with Crippen LogP contribution >= 0.6 is 0 Å². The van der Waals surface area contributed by atoms with Gasteiger partial charge >= 0.3 is 0 Å². The van der Waals surface area contributed by atoms with Gasteiger partial charge in [-0.15, -0.1) is 0 Å². The molecule has 0 aliphatic heterocycles. The molecule has 1 amide bonds. The SMILES string of the molecule is O=C(Nc1nc2ccccc2[nH]1)c1cccn(Cc2ccccc2)c1=O. The summed E-state index contributed by atoms with van der Waals surface area (Å²) in [5.74, 6) is -0.175. The molecule has 0 saturated heterocycles. The lowest BCUT2D eigenvalue weighted by atomic mass is 10.2. The number of fused-ring (bicyclic) bond motifs is 1. The fraction of sp³-hybridized carbons (Fsp3) is 0.0500.